The van der Waals surface area contributed by atoms with E-state index in [0.29, 0.717) is 5.75 Å². The highest BCUT2D eigenvalue weighted by Gasteiger charge is 2.17. The molecule has 0 spiro atoms. The van der Waals surface area contributed by atoms with Crippen LogP contribution in [0.2, 0.25) is 0 Å². The number of hydrogen-bond donors (Lipinski definition) is 3. The highest BCUT2D eigenvalue weighted by molar-refractivity contribution is 7.98. The minimum Gasteiger partial charge on any atom is -0.503 e. The number of aromatic hydroxyl groups is 1. The van der Waals surface area contributed by atoms with E-state index in [1.807, 2.05) is 30.3 Å². The number of benzene rings is 1. The van der Waals surface area contributed by atoms with E-state index in [2.05, 4.69) is 0 Å². The number of aliphatic hydroxyl groups is 1. The first-order valence-electron chi connectivity index (χ1n) is 6.93. The standard InChI is InChI=1S/C16H17NO5S/c18-8-12(10-23-9-11-4-2-1-3-5-11)17-6-13(16(21)22)15(20)14(19)7-17/h1-7,12,18-19H,8-10H2,(H,21,22)/t12-/m1/s1. The molecule has 0 fully saturated rings. The van der Waals surface area contributed by atoms with Gasteiger partial charge in [0, 0.05) is 17.7 Å². The van der Waals surface area contributed by atoms with Gasteiger partial charge < -0.3 is 19.9 Å². The topological polar surface area (TPSA) is 99.8 Å². The smallest absolute Gasteiger partial charge is 0.341 e. The predicted octanol–water partition coefficient (Wildman–Crippen LogP) is 1.72. The number of rotatable bonds is 7. The molecule has 6 nitrogen and oxygen atoms in total. The van der Waals surface area contributed by atoms with Gasteiger partial charge in [-0.3, -0.25) is 4.79 Å². The first-order chi connectivity index (χ1) is 11.0. The third-order valence-electron chi connectivity index (χ3n) is 3.31. The highest BCUT2D eigenvalue weighted by atomic mass is 32.2. The lowest BCUT2D eigenvalue weighted by Gasteiger charge is -2.18. The fourth-order valence-electron chi connectivity index (χ4n) is 2.07. The lowest BCUT2D eigenvalue weighted by Crippen LogP contribution is -2.22. The number of thioether (sulfide) groups is 1. The molecule has 0 saturated heterocycles. The van der Waals surface area contributed by atoms with Crippen molar-refractivity contribution < 1.29 is 20.1 Å². The monoisotopic (exact) mass is 335 g/mol. The molecular formula is C16H17NO5S. The molecule has 0 bridgehead atoms. The van der Waals surface area contributed by atoms with Crippen molar-refractivity contribution in [3.05, 3.63) is 64.1 Å². The first-order valence-corrected chi connectivity index (χ1v) is 8.09. The molecule has 7 heteroatoms. The average molecular weight is 335 g/mol. The summed E-state index contributed by atoms with van der Waals surface area (Å²) in [5.74, 6) is -0.799. The van der Waals surface area contributed by atoms with Crippen LogP contribution in [0, 0.1) is 0 Å². The third-order valence-corrected chi connectivity index (χ3v) is 4.47. The molecule has 2 rings (SSSR count). The largest absolute Gasteiger partial charge is 0.503 e. The molecule has 23 heavy (non-hydrogen) atoms. The zero-order chi connectivity index (χ0) is 16.8. The van der Waals surface area contributed by atoms with E-state index in [1.54, 1.807) is 11.8 Å². The van der Waals surface area contributed by atoms with Crippen LogP contribution < -0.4 is 5.43 Å². The Balaban J connectivity index is 2.11. The summed E-state index contributed by atoms with van der Waals surface area (Å²) in [5, 5.41) is 28.1. The molecule has 0 amide bonds. The number of pyridine rings is 1. The van der Waals surface area contributed by atoms with E-state index in [0.717, 1.165) is 23.7 Å². The van der Waals surface area contributed by atoms with Crippen LogP contribution in [-0.4, -0.2) is 38.2 Å². The first kappa shape index (κ1) is 17.1. The Hall–Kier alpha value is -2.25. The minimum atomic E-state index is -1.41. The van der Waals surface area contributed by atoms with Crippen molar-refractivity contribution in [1.82, 2.24) is 4.57 Å². The van der Waals surface area contributed by atoms with E-state index in [9.17, 15) is 19.8 Å². The van der Waals surface area contributed by atoms with Crippen molar-refractivity contribution in [3.8, 4) is 5.75 Å². The van der Waals surface area contributed by atoms with Crippen molar-refractivity contribution in [3.63, 3.8) is 0 Å². The van der Waals surface area contributed by atoms with Gasteiger partial charge in [-0.25, -0.2) is 4.79 Å². The second kappa shape index (κ2) is 7.85. The summed E-state index contributed by atoms with van der Waals surface area (Å²) in [5.41, 5.74) is -0.304. The molecule has 3 N–H and O–H groups in total. The van der Waals surface area contributed by atoms with Gasteiger partial charge in [0.15, 0.2) is 5.75 Å². The van der Waals surface area contributed by atoms with Crippen LogP contribution in [0.25, 0.3) is 0 Å². The van der Waals surface area contributed by atoms with Gasteiger partial charge >= 0.3 is 5.97 Å². The second-order valence-corrected chi connectivity index (χ2v) is 6.01. The normalized spacial score (nSPS) is 12.0. The Morgan fingerprint density at radius 1 is 1.22 bits per heavy atom. The fourth-order valence-corrected chi connectivity index (χ4v) is 3.16. The number of aliphatic hydroxyl groups excluding tert-OH is 1. The van der Waals surface area contributed by atoms with E-state index in [-0.39, 0.29) is 6.61 Å². The Morgan fingerprint density at radius 3 is 2.52 bits per heavy atom. The van der Waals surface area contributed by atoms with Gasteiger partial charge in [0.2, 0.25) is 5.43 Å². The van der Waals surface area contributed by atoms with Crippen LogP contribution in [-0.2, 0) is 5.75 Å². The lowest BCUT2D eigenvalue weighted by atomic mass is 10.2. The van der Waals surface area contributed by atoms with E-state index < -0.39 is 28.8 Å². The summed E-state index contributed by atoms with van der Waals surface area (Å²) in [6.45, 7) is -0.233. The summed E-state index contributed by atoms with van der Waals surface area (Å²) in [6, 6.07) is 9.37. The molecule has 1 atom stereocenters. The lowest BCUT2D eigenvalue weighted by molar-refractivity contribution is 0.0693. The van der Waals surface area contributed by atoms with Gasteiger partial charge in [-0.15, -0.1) is 0 Å². The van der Waals surface area contributed by atoms with Gasteiger partial charge in [-0.1, -0.05) is 30.3 Å². The van der Waals surface area contributed by atoms with Crippen LogP contribution >= 0.6 is 11.8 Å². The summed E-state index contributed by atoms with van der Waals surface area (Å²) >= 11 is 1.57. The number of nitrogens with zero attached hydrogens (tertiary/aromatic N) is 1. The van der Waals surface area contributed by atoms with Gasteiger partial charge in [0.05, 0.1) is 18.8 Å². The van der Waals surface area contributed by atoms with Crippen molar-refractivity contribution >= 4 is 17.7 Å². The van der Waals surface area contributed by atoms with Gasteiger partial charge in [0.25, 0.3) is 0 Å². The van der Waals surface area contributed by atoms with Crippen LogP contribution in [0.3, 0.4) is 0 Å². The maximum absolute atomic E-state index is 11.6. The molecule has 1 heterocycles. The molecular weight excluding hydrogens is 318 g/mol. The number of hydrogen-bond acceptors (Lipinski definition) is 5. The molecule has 122 valence electrons. The van der Waals surface area contributed by atoms with Gasteiger partial charge in [0.1, 0.15) is 5.56 Å². The molecule has 1 aromatic carbocycles. The number of aromatic nitrogens is 1. The molecule has 0 saturated carbocycles. The Bertz CT molecular complexity index is 729. The molecule has 0 radical (unpaired) electrons. The zero-order valence-corrected chi connectivity index (χ0v) is 13.1. The number of aromatic carboxylic acids is 1. The summed E-state index contributed by atoms with van der Waals surface area (Å²) in [4.78, 5) is 22.6. The quantitative estimate of drug-likeness (QED) is 0.712. The molecule has 0 aliphatic heterocycles. The van der Waals surface area contributed by atoms with Gasteiger partial charge in [-0.2, -0.15) is 11.8 Å². The van der Waals surface area contributed by atoms with Crippen molar-refractivity contribution in [1.29, 1.82) is 0 Å². The molecule has 2 aromatic rings. The number of carboxylic acid groups (broad SMARTS) is 1. The van der Waals surface area contributed by atoms with Crippen LogP contribution in [0.4, 0.5) is 0 Å². The molecule has 0 aliphatic rings. The van der Waals surface area contributed by atoms with Crippen molar-refractivity contribution in [2.75, 3.05) is 12.4 Å². The highest BCUT2D eigenvalue weighted by Crippen LogP contribution is 2.20. The van der Waals surface area contributed by atoms with E-state index in [4.69, 9.17) is 5.11 Å². The van der Waals surface area contributed by atoms with Crippen molar-refractivity contribution in [2.45, 2.75) is 11.8 Å². The van der Waals surface area contributed by atoms with Crippen LogP contribution in [0.15, 0.2) is 47.5 Å². The number of carbonyl (C=O) groups is 1. The predicted molar refractivity (Wildman–Crippen MR) is 88.1 cm³/mol. The third kappa shape index (κ3) is 4.37. The Labute approximate surface area is 137 Å². The second-order valence-electron chi connectivity index (χ2n) is 4.98. The zero-order valence-electron chi connectivity index (χ0n) is 12.3. The Kier molecular flexibility index (Phi) is 5.84. The maximum atomic E-state index is 11.6. The summed E-state index contributed by atoms with van der Waals surface area (Å²) in [6.07, 6.45) is 2.30. The fraction of sp³-hybridized carbons (Fsp3) is 0.250. The average Bonchev–Trinajstić information content (AvgIpc) is 2.55. The van der Waals surface area contributed by atoms with Gasteiger partial charge in [-0.05, 0) is 5.56 Å². The molecule has 0 aliphatic carbocycles. The molecule has 1 aromatic heterocycles. The van der Waals surface area contributed by atoms with Crippen LogP contribution in [0.1, 0.15) is 22.0 Å². The van der Waals surface area contributed by atoms with Crippen molar-refractivity contribution in [2.24, 2.45) is 0 Å². The minimum absolute atomic E-state index is 0.233. The maximum Gasteiger partial charge on any atom is 0.341 e. The summed E-state index contributed by atoms with van der Waals surface area (Å²) in [7, 11) is 0. The Morgan fingerprint density at radius 2 is 1.91 bits per heavy atom. The summed E-state index contributed by atoms with van der Waals surface area (Å²) < 4.78 is 1.37. The SMILES string of the molecule is O=C(O)c1cn([C@H](CO)CSCc2ccccc2)cc(O)c1=O. The number of carboxylic acids is 1. The van der Waals surface area contributed by atoms with Crippen LogP contribution in [0.5, 0.6) is 5.75 Å². The molecule has 0 unspecified atom stereocenters. The van der Waals surface area contributed by atoms with E-state index in [1.165, 1.54) is 4.57 Å². The van der Waals surface area contributed by atoms with E-state index >= 15 is 0 Å².